The molecule has 0 aromatic heterocycles. The largest absolute Gasteiger partial charge is 0.318 e. The molecule has 4 aliphatic rings. The minimum Gasteiger partial charge on any atom is -0.318 e. The highest BCUT2D eigenvalue weighted by Gasteiger charge is 2.44. The number of rotatable bonds is 14. The summed E-state index contributed by atoms with van der Waals surface area (Å²) in [4.78, 5) is 0. The second-order valence-corrected chi connectivity index (χ2v) is 30.5. The second kappa shape index (κ2) is 25.0. The first-order valence-electron chi connectivity index (χ1n) is 29.1. The van der Waals surface area contributed by atoms with E-state index in [4.69, 9.17) is 0 Å². The van der Waals surface area contributed by atoms with Crippen LogP contribution in [-0.4, -0.2) is 22.6 Å². The Balaban J connectivity index is 0.000000204. The molecule has 4 fully saturated rings. The van der Waals surface area contributed by atoms with Gasteiger partial charge in [0.05, 0.1) is 0 Å². The molecule has 8 rings (SSSR count). The zero-order chi connectivity index (χ0) is 49.4. The maximum absolute atomic E-state index is 15.7. The molecule has 0 amide bonds. The van der Waals surface area contributed by atoms with Crippen molar-refractivity contribution >= 4 is 25.7 Å². The Labute approximate surface area is 426 Å². The monoisotopic (exact) mass is 969 g/mol. The van der Waals surface area contributed by atoms with Gasteiger partial charge in [0, 0.05) is 16.6 Å². The average molecular weight is 969 g/mol. The first-order valence-corrected chi connectivity index (χ1v) is 32.4. The molecule has 0 heterocycles. The molecule has 378 valence electrons. The Morgan fingerprint density at radius 2 is 0.710 bits per heavy atom. The molecular formula is C66H98OP2. The lowest BCUT2D eigenvalue weighted by Gasteiger charge is -2.40. The van der Waals surface area contributed by atoms with E-state index in [1.165, 1.54) is 141 Å². The summed E-state index contributed by atoms with van der Waals surface area (Å²) in [6, 6.07) is 28.7. The average Bonchev–Trinajstić information content (AvgIpc) is 3.36. The molecule has 0 aliphatic heterocycles. The summed E-state index contributed by atoms with van der Waals surface area (Å²) in [5.74, 6) is 3.01. The van der Waals surface area contributed by atoms with E-state index >= 15 is 4.57 Å². The molecule has 0 unspecified atom stereocenters. The molecule has 0 saturated heterocycles. The van der Waals surface area contributed by atoms with Crippen LogP contribution in [0.2, 0.25) is 0 Å². The van der Waals surface area contributed by atoms with Crippen LogP contribution in [0.5, 0.6) is 0 Å². The maximum atomic E-state index is 15.7. The van der Waals surface area contributed by atoms with E-state index in [2.05, 4.69) is 156 Å². The van der Waals surface area contributed by atoms with Gasteiger partial charge in [-0.25, -0.2) is 0 Å². The van der Waals surface area contributed by atoms with E-state index in [1.54, 1.807) is 27.6 Å². The number of hydrogen-bond acceptors (Lipinski definition) is 1. The fraction of sp³-hybridized carbons (Fsp3) is 0.636. The van der Waals surface area contributed by atoms with E-state index in [-0.39, 0.29) is 7.92 Å². The van der Waals surface area contributed by atoms with Crippen molar-refractivity contribution in [2.45, 2.75) is 270 Å². The van der Waals surface area contributed by atoms with Crippen LogP contribution in [0.4, 0.5) is 0 Å². The third-order valence-corrected chi connectivity index (χ3v) is 25.3. The van der Waals surface area contributed by atoms with Gasteiger partial charge < -0.3 is 4.57 Å². The fourth-order valence-electron chi connectivity index (χ4n) is 13.5. The molecule has 0 bridgehead atoms. The normalized spacial score (nSPS) is 18.6. The molecule has 4 aliphatic carbocycles. The quantitative estimate of drug-likeness (QED) is 0.115. The number of hydrogen-bond donors (Lipinski definition) is 0. The molecule has 69 heavy (non-hydrogen) atoms. The summed E-state index contributed by atoms with van der Waals surface area (Å²) < 4.78 is 15.7. The van der Waals surface area contributed by atoms with Crippen molar-refractivity contribution < 1.29 is 4.57 Å². The van der Waals surface area contributed by atoms with E-state index in [0.717, 1.165) is 37.0 Å². The van der Waals surface area contributed by atoms with Crippen LogP contribution in [0.3, 0.4) is 0 Å². The van der Waals surface area contributed by atoms with Crippen LogP contribution < -0.4 is 10.6 Å². The van der Waals surface area contributed by atoms with Gasteiger partial charge in [0.15, 0.2) is 0 Å². The molecule has 4 aromatic rings. The smallest absolute Gasteiger partial charge is 0.122 e. The summed E-state index contributed by atoms with van der Waals surface area (Å²) in [6.07, 6.45) is 26.9. The Kier molecular flexibility index (Phi) is 19.7. The first-order chi connectivity index (χ1) is 33.1. The molecule has 3 heteroatoms. The van der Waals surface area contributed by atoms with Crippen molar-refractivity contribution in [2.75, 3.05) is 0 Å². The van der Waals surface area contributed by atoms with Gasteiger partial charge >= 0.3 is 0 Å². The molecule has 1 nitrogen and oxygen atoms in total. The number of benzene rings is 4. The van der Waals surface area contributed by atoms with Gasteiger partial charge in [-0.3, -0.25) is 0 Å². The van der Waals surface area contributed by atoms with Crippen molar-refractivity contribution in [1.29, 1.82) is 0 Å². The van der Waals surface area contributed by atoms with Crippen LogP contribution in [-0.2, 0) is 4.57 Å². The van der Waals surface area contributed by atoms with Crippen molar-refractivity contribution in [3.8, 4) is 22.3 Å². The molecule has 0 radical (unpaired) electrons. The van der Waals surface area contributed by atoms with E-state index in [0.29, 0.717) is 46.8 Å². The van der Waals surface area contributed by atoms with Crippen LogP contribution in [0.15, 0.2) is 72.8 Å². The summed E-state index contributed by atoms with van der Waals surface area (Å²) >= 11 is 0. The molecule has 4 aromatic carbocycles. The highest BCUT2D eigenvalue weighted by atomic mass is 31.2. The van der Waals surface area contributed by atoms with Gasteiger partial charge in [0.1, 0.15) is 7.14 Å². The van der Waals surface area contributed by atoms with Crippen molar-refractivity contribution in [3.05, 3.63) is 106 Å². The predicted molar refractivity (Wildman–Crippen MR) is 310 cm³/mol. The lowest BCUT2D eigenvalue weighted by molar-refractivity contribution is 0.453. The van der Waals surface area contributed by atoms with Crippen LogP contribution in [0, 0.1) is 0 Å². The van der Waals surface area contributed by atoms with Gasteiger partial charge in [0.25, 0.3) is 0 Å². The lowest BCUT2D eigenvalue weighted by Crippen LogP contribution is -2.30. The summed E-state index contributed by atoms with van der Waals surface area (Å²) in [5.41, 5.74) is 17.4. The van der Waals surface area contributed by atoms with Crippen LogP contribution in [0.25, 0.3) is 22.3 Å². The van der Waals surface area contributed by atoms with E-state index in [1.807, 2.05) is 0 Å². The Hall–Kier alpha value is -2.46. The minimum absolute atomic E-state index is 0.120. The molecule has 0 spiro atoms. The fourth-order valence-corrected chi connectivity index (χ4v) is 21.9. The Bertz CT molecular complexity index is 2190. The highest BCUT2D eigenvalue weighted by Crippen LogP contribution is 2.63. The molecular weight excluding hydrogens is 871 g/mol. The minimum atomic E-state index is -2.56. The van der Waals surface area contributed by atoms with Crippen LogP contribution >= 0.6 is 15.1 Å². The van der Waals surface area contributed by atoms with Crippen LogP contribution in [0.1, 0.15) is 280 Å². The lowest BCUT2D eigenvalue weighted by atomic mass is 9.82. The van der Waals surface area contributed by atoms with E-state index < -0.39 is 7.14 Å². The van der Waals surface area contributed by atoms with Gasteiger partial charge in [0.2, 0.25) is 0 Å². The summed E-state index contributed by atoms with van der Waals surface area (Å²) in [5, 5.41) is 2.97. The zero-order valence-corrected chi connectivity index (χ0v) is 47.9. The van der Waals surface area contributed by atoms with Gasteiger partial charge in [-0.05, 0) is 159 Å². The van der Waals surface area contributed by atoms with Crippen molar-refractivity contribution in [3.63, 3.8) is 0 Å². The molecule has 4 saturated carbocycles. The third-order valence-electron chi connectivity index (χ3n) is 17.4. The second-order valence-electron chi connectivity index (χ2n) is 24.4. The topological polar surface area (TPSA) is 17.1 Å². The van der Waals surface area contributed by atoms with Crippen molar-refractivity contribution in [1.82, 2.24) is 0 Å². The van der Waals surface area contributed by atoms with E-state index in [9.17, 15) is 0 Å². The summed E-state index contributed by atoms with van der Waals surface area (Å²) in [6.45, 7) is 28.2. The zero-order valence-electron chi connectivity index (χ0n) is 46.1. The van der Waals surface area contributed by atoms with Gasteiger partial charge in [-0.2, -0.15) is 0 Å². The SMILES string of the molecule is CC(C)c1cc(C(C)C)c(-c2ccccc2P(=O)(C2CCCCC2)C2CCCCC2)c(C(C)C)c1.CC(C)c1cc(C(C)C)c(-c2ccccc2P(C2CCCCC2)C2CCCCC2)c(C(C)C)c1. The highest BCUT2D eigenvalue weighted by molar-refractivity contribution is 7.73. The standard InChI is InChI=1S/C33H49OP.C33H49P/c1-23(2)26-21-30(24(3)4)33(31(22-26)25(5)6)29-19-13-14-20-32(29)35(34,27-15-9-7-10-16-27)28-17-11-8-12-18-28;1-23(2)26-21-30(24(3)4)33(31(22-26)25(5)6)29-19-13-14-20-32(29)34(27-15-9-7-10-16-27)28-17-11-8-12-18-28/h13-14,19-25,27-28H,7-12,15-18H2,1-6H3;13-14,19-25,27-28H,7-12,15-18H2,1-6H3. The van der Waals surface area contributed by atoms with Gasteiger partial charge in [-0.15, -0.1) is 0 Å². The third kappa shape index (κ3) is 12.5. The molecule has 0 N–H and O–H groups in total. The first kappa shape index (κ1) is 54.3. The predicted octanol–water partition coefficient (Wildman–Crippen LogP) is 20.9. The summed E-state index contributed by atoms with van der Waals surface area (Å²) in [7, 11) is -2.68. The van der Waals surface area contributed by atoms with Gasteiger partial charge in [-0.1, -0.05) is 241 Å². The Morgan fingerprint density at radius 1 is 0.391 bits per heavy atom. The Morgan fingerprint density at radius 3 is 1.07 bits per heavy atom. The molecule has 0 atom stereocenters. The van der Waals surface area contributed by atoms with Crippen molar-refractivity contribution in [2.24, 2.45) is 0 Å². The maximum Gasteiger partial charge on any atom is 0.122 e.